The van der Waals surface area contributed by atoms with E-state index in [1.165, 1.54) is 11.2 Å². The van der Waals surface area contributed by atoms with E-state index in [2.05, 4.69) is 0 Å². The molecule has 0 radical (unpaired) electrons. The van der Waals surface area contributed by atoms with Gasteiger partial charge in [-0.3, -0.25) is 4.79 Å². The lowest BCUT2D eigenvalue weighted by atomic mass is 10.2. The second-order valence-corrected chi connectivity index (χ2v) is 7.50. The van der Waals surface area contributed by atoms with E-state index in [1.54, 1.807) is 27.7 Å². The highest BCUT2D eigenvalue weighted by Gasteiger charge is 2.35. The Bertz CT molecular complexity index is 342. The summed E-state index contributed by atoms with van der Waals surface area (Å²) < 4.78 is 24.5. The van der Waals surface area contributed by atoms with Gasteiger partial charge in [-0.25, -0.2) is 12.7 Å². The van der Waals surface area contributed by atoms with Gasteiger partial charge in [-0.2, -0.15) is 0 Å². The highest BCUT2D eigenvalue weighted by molar-refractivity contribution is 7.90. The summed E-state index contributed by atoms with van der Waals surface area (Å²) in [6.07, 6.45) is 0. The van der Waals surface area contributed by atoms with Gasteiger partial charge in [-0.1, -0.05) is 13.8 Å². The molecule has 96 valence electrons. The lowest BCUT2D eigenvalue weighted by Gasteiger charge is -2.29. The third-order valence-corrected chi connectivity index (χ3v) is 5.00. The quantitative estimate of drug-likeness (QED) is 0.795. The molecule has 0 aromatic heterocycles. The fourth-order valence-corrected chi connectivity index (χ4v) is 2.70. The van der Waals surface area contributed by atoms with Gasteiger partial charge in [0.2, 0.25) is 10.0 Å². The molecule has 0 heterocycles. The van der Waals surface area contributed by atoms with E-state index in [-0.39, 0.29) is 13.1 Å². The Morgan fingerprint density at radius 1 is 1.38 bits per heavy atom. The van der Waals surface area contributed by atoms with Gasteiger partial charge in [0.1, 0.15) is 0 Å². The van der Waals surface area contributed by atoms with Crippen molar-refractivity contribution in [3.8, 4) is 0 Å². The topological polar surface area (TPSA) is 74.7 Å². The van der Waals surface area contributed by atoms with Crippen LogP contribution in [0.3, 0.4) is 0 Å². The van der Waals surface area contributed by atoms with Crippen molar-refractivity contribution in [1.82, 2.24) is 4.31 Å². The fraction of sp³-hybridized carbons (Fsp3) is 0.900. The highest BCUT2D eigenvalue weighted by Crippen LogP contribution is 2.21. The van der Waals surface area contributed by atoms with Crippen molar-refractivity contribution in [2.24, 2.45) is 5.92 Å². The Morgan fingerprint density at radius 3 is 2.06 bits per heavy atom. The average Bonchev–Trinajstić information content (AvgIpc) is 2.11. The minimum atomic E-state index is -3.45. The number of sulfonamides is 1. The Labute approximate surface area is 97.5 Å². The molecule has 0 aromatic carbocycles. The first kappa shape index (κ1) is 15.4. The van der Waals surface area contributed by atoms with Gasteiger partial charge < -0.3 is 5.11 Å². The number of hydrogen-bond donors (Lipinski definition) is 1. The standard InChI is InChI=1S/C10H21NO4S/c1-6-11(7-8(2)9(12)13)16(14,15)10(3,4)5/h8H,6-7H2,1-5H3,(H,12,13). The van der Waals surface area contributed by atoms with Gasteiger partial charge in [0, 0.05) is 13.1 Å². The summed E-state index contributed by atoms with van der Waals surface area (Å²) in [6.45, 7) is 8.34. The first-order chi connectivity index (χ1) is 7.04. The zero-order valence-corrected chi connectivity index (χ0v) is 11.3. The van der Waals surface area contributed by atoms with Crippen molar-refractivity contribution in [2.75, 3.05) is 13.1 Å². The number of hydrogen-bond acceptors (Lipinski definition) is 3. The van der Waals surface area contributed by atoms with E-state index in [0.29, 0.717) is 0 Å². The number of carbonyl (C=O) groups is 1. The molecule has 0 saturated carbocycles. The monoisotopic (exact) mass is 251 g/mol. The van der Waals surface area contributed by atoms with Gasteiger partial charge in [0.15, 0.2) is 0 Å². The van der Waals surface area contributed by atoms with E-state index in [1.807, 2.05) is 0 Å². The maximum atomic E-state index is 12.1. The molecule has 1 N–H and O–H groups in total. The minimum absolute atomic E-state index is 0.0193. The summed E-state index contributed by atoms with van der Waals surface area (Å²) in [5.41, 5.74) is 0. The second-order valence-electron chi connectivity index (χ2n) is 4.81. The van der Waals surface area contributed by atoms with Crippen LogP contribution in [0.4, 0.5) is 0 Å². The molecule has 1 unspecified atom stereocenters. The highest BCUT2D eigenvalue weighted by atomic mass is 32.2. The normalized spacial score (nSPS) is 15.1. The smallest absolute Gasteiger partial charge is 0.307 e. The van der Waals surface area contributed by atoms with Crippen LogP contribution in [0.15, 0.2) is 0 Å². The van der Waals surface area contributed by atoms with E-state index < -0.39 is 26.7 Å². The van der Waals surface area contributed by atoms with Crippen LogP contribution in [0.5, 0.6) is 0 Å². The van der Waals surface area contributed by atoms with Crippen LogP contribution < -0.4 is 0 Å². The predicted molar refractivity (Wildman–Crippen MR) is 62.7 cm³/mol. The zero-order valence-electron chi connectivity index (χ0n) is 10.5. The predicted octanol–water partition coefficient (Wildman–Crippen LogP) is 1.16. The van der Waals surface area contributed by atoms with Crippen LogP contribution in [-0.4, -0.2) is 41.6 Å². The van der Waals surface area contributed by atoms with Crippen molar-refractivity contribution in [1.29, 1.82) is 0 Å². The van der Waals surface area contributed by atoms with Crippen LogP contribution in [-0.2, 0) is 14.8 Å². The molecule has 0 aromatic rings. The van der Waals surface area contributed by atoms with Crippen molar-refractivity contribution >= 4 is 16.0 Å². The molecule has 0 bridgehead atoms. The first-order valence-corrected chi connectivity index (χ1v) is 6.70. The number of rotatable bonds is 5. The molecule has 6 heteroatoms. The van der Waals surface area contributed by atoms with Gasteiger partial charge >= 0.3 is 5.97 Å². The molecule has 16 heavy (non-hydrogen) atoms. The van der Waals surface area contributed by atoms with Gasteiger partial charge in [-0.15, -0.1) is 0 Å². The summed E-state index contributed by atoms with van der Waals surface area (Å²) in [4.78, 5) is 10.7. The summed E-state index contributed by atoms with van der Waals surface area (Å²) in [7, 11) is -3.45. The summed E-state index contributed by atoms with van der Waals surface area (Å²) >= 11 is 0. The van der Waals surface area contributed by atoms with Crippen LogP contribution in [0.2, 0.25) is 0 Å². The number of carboxylic acid groups (broad SMARTS) is 1. The molecule has 0 spiro atoms. The largest absolute Gasteiger partial charge is 0.481 e. The zero-order chi connectivity index (χ0) is 13.1. The van der Waals surface area contributed by atoms with Gasteiger partial charge in [-0.05, 0) is 20.8 Å². The Balaban J connectivity index is 4.96. The maximum Gasteiger partial charge on any atom is 0.307 e. The first-order valence-electron chi connectivity index (χ1n) is 5.26. The molecular formula is C10H21NO4S. The molecule has 5 nitrogen and oxygen atoms in total. The number of nitrogens with zero attached hydrogens (tertiary/aromatic N) is 1. The minimum Gasteiger partial charge on any atom is -0.481 e. The van der Waals surface area contributed by atoms with Crippen LogP contribution in [0, 0.1) is 5.92 Å². The van der Waals surface area contributed by atoms with Crippen molar-refractivity contribution in [3.63, 3.8) is 0 Å². The lowest BCUT2D eigenvalue weighted by molar-refractivity contribution is -0.141. The van der Waals surface area contributed by atoms with Crippen LogP contribution >= 0.6 is 0 Å². The fourth-order valence-electron chi connectivity index (χ4n) is 1.17. The van der Waals surface area contributed by atoms with Gasteiger partial charge in [0.25, 0.3) is 0 Å². The van der Waals surface area contributed by atoms with E-state index in [4.69, 9.17) is 5.11 Å². The molecule has 0 saturated heterocycles. The number of carboxylic acids is 1. The molecule has 0 aliphatic carbocycles. The summed E-state index contributed by atoms with van der Waals surface area (Å²) in [6, 6.07) is 0. The van der Waals surface area contributed by atoms with E-state index in [9.17, 15) is 13.2 Å². The Morgan fingerprint density at radius 2 is 1.81 bits per heavy atom. The molecule has 0 aliphatic heterocycles. The van der Waals surface area contributed by atoms with Crippen LogP contribution in [0.25, 0.3) is 0 Å². The SMILES string of the molecule is CCN(CC(C)C(=O)O)S(=O)(=O)C(C)(C)C. The Kier molecular flexibility index (Phi) is 4.94. The summed E-state index contributed by atoms with van der Waals surface area (Å²) in [5, 5.41) is 8.77. The Hall–Kier alpha value is -0.620. The molecule has 0 aliphatic rings. The second kappa shape index (κ2) is 5.14. The third kappa shape index (κ3) is 3.45. The molecular weight excluding hydrogens is 230 g/mol. The molecule has 0 fully saturated rings. The maximum absolute atomic E-state index is 12.1. The van der Waals surface area contributed by atoms with Crippen molar-refractivity contribution < 1.29 is 18.3 Å². The molecule has 0 amide bonds. The lowest BCUT2D eigenvalue weighted by Crippen LogP contribution is -2.45. The molecule has 0 rings (SSSR count). The number of aliphatic carboxylic acids is 1. The summed E-state index contributed by atoms with van der Waals surface area (Å²) in [5.74, 6) is -1.68. The van der Waals surface area contributed by atoms with Gasteiger partial charge in [0.05, 0.1) is 10.7 Å². The third-order valence-electron chi connectivity index (χ3n) is 2.37. The van der Waals surface area contributed by atoms with Crippen molar-refractivity contribution in [3.05, 3.63) is 0 Å². The van der Waals surface area contributed by atoms with Crippen molar-refractivity contribution in [2.45, 2.75) is 39.4 Å². The van der Waals surface area contributed by atoms with E-state index in [0.717, 1.165) is 0 Å². The van der Waals surface area contributed by atoms with E-state index >= 15 is 0 Å². The molecule has 1 atom stereocenters. The van der Waals surface area contributed by atoms with Crippen LogP contribution in [0.1, 0.15) is 34.6 Å². The average molecular weight is 251 g/mol.